The van der Waals surface area contributed by atoms with Crippen LogP contribution in [0.4, 0.5) is 0 Å². The van der Waals surface area contributed by atoms with Gasteiger partial charge in [-0.1, -0.05) is 66.2 Å². The van der Waals surface area contributed by atoms with Crippen molar-refractivity contribution in [3.63, 3.8) is 0 Å². The van der Waals surface area contributed by atoms with Crippen LogP contribution in [0.1, 0.15) is 96.3 Å². The molecule has 3 amide bonds. The highest BCUT2D eigenvalue weighted by atomic mass is 32.2. The molecule has 0 saturated carbocycles. The number of nitrogens with zero attached hydrogens (tertiary/aromatic N) is 2. The maximum Gasteiger partial charge on any atom is 0.286 e. The fourth-order valence-electron chi connectivity index (χ4n) is 3.88. The first-order valence-electron chi connectivity index (χ1n) is 14.6. The number of Topliss-reactive ketones (excluding diaryl/α,β-unsaturated/α-hetero) is 1. The Morgan fingerprint density at radius 2 is 1.50 bits per heavy atom. The van der Waals surface area contributed by atoms with E-state index in [1.165, 1.54) is 19.1 Å². The lowest BCUT2D eigenvalue weighted by atomic mass is 9.97. The lowest BCUT2D eigenvalue weighted by molar-refractivity contribution is -0.131. The molecular weight excluding hydrogens is 588 g/mol. The van der Waals surface area contributed by atoms with Crippen molar-refractivity contribution in [1.29, 1.82) is 0 Å². The summed E-state index contributed by atoms with van der Waals surface area (Å²) in [7, 11) is -4.20. The molecule has 3 atom stereocenters. The van der Waals surface area contributed by atoms with Gasteiger partial charge in [-0.3, -0.25) is 19.2 Å². The summed E-state index contributed by atoms with van der Waals surface area (Å²) >= 11 is 0. The van der Waals surface area contributed by atoms with E-state index in [2.05, 4.69) is 30.9 Å². The van der Waals surface area contributed by atoms with E-state index in [0.29, 0.717) is 6.54 Å². The van der Waals surface area contributed by atoms with Crippen LogP contribution in [0, 0.1) is 18.3 Å². The van der Waals surface area contributed by atoms with Crippen molar-refractivity contribution in [2.45, 2.75) is 104 Å². The number of rotatable bonds is 15. The number of amides is 3. The van der Waals surface area contributed by atoms with E-state index < -0.39 is 58.1 Å². The maximum absolute atomic E-state index is 13.3. The van der Waals surface area contributed by atoms with Gasteiger partial charge in [0.15, 0.2) is 0 Å². The number of hydrogen-bond donors (Lipinski definition) is 4. The minimum absolute atomic E-state index is 0.00816. The minimum atomic E-state index is -4.20. The normalized spacial score (nSPS) is 14.2. The Morgan fingerprint density at radius 3 is 2.02 bits per heavy atom. The van der Waals surface area contributed by atoms with Gasteiger partial charge in [0.05, 0.1) is 17.4 Å². The molecule has 0 aliphatic heterocycles. The van der Waals surface area contributed by atoms with Gasteiger partial charge in [0.1, 0.15) is 12.1 Å². The van der Waals surface area contributed by atoms with Crippen LogP contribution >= 0.6 is 0 Å². The number of aromatic nitrogens is 2. The fourth-order valence-corrected chi connectivity index (χ4v) is 5.07. The topological polar surface area (TPSA) is 189 Å². The Balaban J connectivity index is 2.22. The predicted molar refractivity (Wildman–Crippen MR) is 164 cm³/mol. The Bertz CT molecular complexity index is 1410. The van der Waals surface area contributed by atoms with E-state index in [-0.39, 0.29) is 40.3 Å². The second kappa shape index (κ2) is 15.4. The third kappa shape index (κ3) is 11.5. The van der Waals surface area contributed by atoms with Gasteiger partial charge in [-0.15, -0.1) is 10.2 Å². The van der Waals surface area contributed by atoms with Gasteiger partial charge in [0, 0.05) is 12.5 Å². The van der Waals surface area contributed by atoms with E-state index in [1.807, 2.05) is 48.5 Å². The van der Waals surface area contributed by atoms with E-state index in [4.69, 9.17) is 4.42 Å². The molecule has 14 heteroatoms. The lowest BCUT2D eigenvalue weighted by Crippen LogP contribution is -2.55. The molecule has 4 N–H and O–H groups in total. The van der Waals surface area contributed by atoms with Gasteiger partial charge in [0.25, 0.3) is 5.89 Å². The van der Waals surface area contributed by atoms with Crippen LogP contribution in [-0.4, -0.2) is 66.8 Å². The van der Waals surface area contributed by atoms with E-state index >= 15 is 0 Å². The molecular formula is C30H46N6O7S. The summed E-state index contributed by atoms with van der Waals surface area (Å²) in [6.07, 6.45) is -0.247. The number of ketones is 1. The first kappa shape index (κ1) is 36.5. The number of carbonyl (C=O) groups excluding carboxylic acids is 4. The summed E-state index contributed by atoms with van der Waals surface area (Å²) in [4.78, 5) is 52.3. The summed E-state index contributed by atoms with van der Waals surface area (Å²) in [5.41, 5.74) is 0.594. The molecule has 0 fully saturated rings. The zero-order valence-electron chi connectivity index (χ0n) is 27.0. The fraction of sp³-hybridized carbons (Fsp3) is 0.600. The molecule has 0 unspecified atom stereocenters. The highest BCUT2D eigenvalue weighted by Gasteiger charge is 2.33. The number of sulfonamides is 1. The van der Waals surface area contributed by atoms with Crippen LogP contribution in [0.2, 0.25) is 0 Å². The maximum atomic E-state index is 13.3. The van der Waals surface area contributed by atoms with Crippen molar-refractivity contribution in [3.8, 4) is 0 Å². The second-order valence-electron chi connectivity index (χ2n) is 12.9. The predicted octanol–water partition coefficient (Wildman–Crippen LogP) is 2.62. The summed E-state index contributed by atoms with van der Waals surface area (Å²) in [5, 5.41) is 15.5. The Labute approximate surface area is 259 Å². The summed E-state index contributed by atoms with van der Waals surface area (Å²) in [6.45, 7) is 16.7. The van der Waals surface area contributed by atoms with Crippen LogP contribution in [0.25, 0.3) is 0 Å². The van der Waals surface area contributed by atoms with Crippen LogP contribution in [0.5, 0.6) is 0 Å². The molecule has 1 heterocycles. The first-order chi connectivity index (χ1) is 20.3. The molecule has 0 spiro atoms. The van der Waals surface area contributed by atoms with Crippen LogP contribution in [-0.2, 0) is 24.4 Å². The highest BCUT2D eigenvalue weighted by molar-refractivity contribution is 7.89. The SMILES string of the molecule is Cc1ccc(S(=O)(=O)N[C@@H](CC(=O)NCC(C)(C)C)C(=O)N[C@@H](C)C(=O)N[C@@H](CC(C)C)C(=O)c2nnc(C(C)C)o2)cc1. The highest BCUT2D eigenvalue weighted by Crippen LogP contribution is 2.16. The number of aryl methyl sites for hydroxylation is 1. The number of hydrogen-bond acceptors (Lipinski definition) is 9. The quantitative estimate of drug-likeness (QED) is 0.213. The van der Waals surface area contributed by atoms with Gasteiger partial charge in [-0.25, -0.2) is 8.42 Å². The van der Waals surface area contributed by atoms with Crippen molar-refractivity contribution in [2.24, 2.45) is 11.3 Å². The van der Waals surface area contributed by atoms with Crippen LogP contribution in [0.15, 0.2) is 33.6 Å². The van der Waals surface area contributed by atoms with Crippen LogP contribution < -0.4 is 20.7 Å². The molecule has 1 aromatic carbocycles. The standard InChI is InChI=1S/C30H46N6O7S/c1-17(2)14-22(25(38)29-35-34-28(43-29)18(3)4)33-26(39)20(6)32-27(40)23(15-24(37)31-16-30(7,8)9)36-44(41,42)21-12-10-19(5)11-13-21/h10-13,17-18,20,22-23,36H,14-16H2,1-9H3,(H,31,37)(H,32,40)(H,33,39)/t20-,22-,23-/m0/s1. The van der Waals surface area contributed by atoms with Gasteiger partial charge in [-0.2, -0.15) is 4.72 Å². The third-order valence-electron chi connectivity index (χ3n) is 6.39. The van der Waals surface area contributed by atoms with Crippen molar-refractivity contribution < 1.29 is 32.0 Å². The zero-order valence-corrected chi connectivity index (χ0v) is 27.8. The third-order valence-corrected chi connectivity index (χ3v) is 7.88. The van der Waals surface area contributed by atoms with E-state index in [9.17, 15) is 27.6 Å². The molecule has 0 radical (unpaired) electrons. The van der Waals surface area contributed by atoms with Crippen LogP contribution in [0.3, 0.4) is 0 Å². The Hall–Kier alpha value is -3.65. The molecule has 2 aromatic rings. The molecule has 1 aromatic heterocycles. The van der Waals surface area contributed by atoms with Gasteiger partial charge >= 0.3 is 0 Å². The van der Waals surface area contributed by atoms with Gasteiger partial charge < -0.3 is 20.4 Å². The lowest BCUT2D eigenvalue weighted by Gasteiger charge is -2.24. The molecule has 244 valence electrons. The number of benzene rings is 1. The zero-order chi connectivity index (χ0) is 33.4. The van der Waals surface area contributed by atoms with Crippen molar-refractivity contribution in [2.75, 3.05) is 6.54 Å². The summed E-state index contributed by atoms with van der Waals surface area (Å²) < 4.78 is 34.0. The molecule has 13 nitrogen and oxygen atoms in total. The first-order valence-corrected chi connectivity index (χ1v) is 16.1. The second-order valence-corrected chi connectivity index (χ2v) is 14.6. The molecule has 0 saturated heterocycles. The molecule has 44 heavy (non-hydrogen) atoms. The molecule has 2 rings (SSSR count). The minimum Gasteiger partial charge on any atom is -0.418 e. The number of carbonyl (C=O) groups is 4. The smallest absolute Gasteiger partial charge is 0.286 e. The summed E-state index contributed by atoms with van der Waals surface area (Å²) in [6, 6.07) is 2.27. The van der Waals surface area contributed by atoms with Crippen molar-refractivity contribution in [1.82, 2.24) is 30.9 Å². The van der Waals surface area contributed by atoms with E-state index in [1.54, 1.807) is 19.1 Å². The largest absolute Gasteiger partial charge is 0.418 e. The van der Waals surface area contributed by atoms with Gasteiger partial charge in [0.2, 0.25) is 39.4 Å². The monoisotopic (exact) mass is 634 g/mol. The Kier molecular flexibility index (Phi) is 12.8. The average molecular weight is 635 g/mol. The average Bonchev–Trinajstić information content (AvgIpc) is 3.41. The van der Waals surface area contributed by atoms with Crippen molar-refractivity contribution >= 4 is 33.5 Å². The summed E-state index contributed by atoms with van der Waals surface area (Å²) in [5.74, 6) is -2.73. The molecule has 0 aliphatic carbocycles. The Morgan fingerprint density at radius 1 is 0.886 bits per heavy atom. The van der Waals surface area contributed by atoms with Gasteiger partial charge in [-0.05, 0) is 43.7 Å². The van der Waals surface area contributed by atoms with Crippen molar-refractivity contribution in [3.05, 3.63) is 41.6 Å². The van der Waals surface area contributed by atoms with E-state index in [0.717, 1.165) is 5.56 Å². The number of nitrogens with one attached hydrogen (secondary N) is 4. The molecule has 0 bridgehead atoms. The molecule has 0 aliphatic rings.